The zero-order chi connectivity index (χ0) is 9.42. The molecule has 0 atom stereocenters. The predicted octanol–water partition coefficient (Wildman–Crippen LogP) is 1.43. The number of para-hydroxylation sites is 1. The van der Waals surface area contributed by atoms with E-state index in [0.29, 0.717) is 5.56 Å². The molecule has 0 saturated heterocycles. The number of rotatable bonds is 1. The fourth-order valence-corrected chi connectivity index (χ4v) is 1.57. The van der Waals surface area contributed by atoms with Gasteiger partial charge in [0.05, 0.1) is 11.3 Å². The third-order valence-electron chi connectivity index (χ3n) is 2.13. The summed E-state index contributed by atoms with van der Waals surface area (Å²) < 4.78 is 0. The molecular weight excluding hydrogens is 164 g/mol. The second kappa shape index (κ2) is 2.69. The number of benzene rings is 1. The Morgan fingerprint density at radius 2 is 2.31 bits per heavy atom. The lowest BCUT2D eigenvalue weighted by Gasteiger charge is -2.00. The van der Waals surface area contributed by atoms with Crippen LogP contribution < -0.4 is 5.73 Å². The number of hydrogen-bond acceptors (Lipinski definition) is 2. The van der Waals surface area contributed by atoms with Crippen LogP contribution in [0.25, 0.3) is 0 Å². The van der Waals surface area contributed by atoms with Gasteiger partial charge in [0.15, 0.2) is 0 Å². The molecule has 0 bridgehead atoms. The Kier molecular flexibility index (Phi) is 1.65. The monoisotopic (exact) mass is 174 g/mol. The van der Waals surface area contributed by atoms with Crippen LogP contribution in [-0.4, -0.2) is 11.6 Å². The SMILES string of the molecule is CC1=Nc2c(cccc2C(N)=O)C1. The number of carbonyl (C=O) groups excluding carboxylic acids is 1. The number of amides is 1. The van der Waals surface area contributed by atoms with Crippen LogP contribution in [0.2, 0.25) is 0 Å². The first-order chi connectivity index (χ1) is 6.18. The Morgan fingerprint density at radius 1 is 1.54 bits per heavy atom. The van der Waals surface area contributed by atoms with Crippen LogP contribution in [0.15, 0.2) is 23.2 Å². The lowest BCUT2D eigenvalue weighted by Crippen LogP contribution is -2.11. The lowest BCUT2D eigenvalue weighted by molar-refractivity contribution is 0.100. The first-order valence-electron chi connectivity index (χ1n) is 4.14. The number of aliphatic imine (C=N–C) groups is 1. The van der Waals surface area contributed by atoms with E-state index in [4.69, 9.17) is 5.73 Å². The summed E-state index contributed by atoms with van der Waals surface area (Å²) in [6.45, 7) is 1.95. The molecule has 2 rings (SSSR count). The van der Waals surface area contributed by atoms with E-state index in [1.165, 1.54) is 0 Å². The lowest BCUT2D eigenvalue weighted by atomic mass is 10.1. The zero-order valence-corrected chi connectivity index (χ0v) is 7.37. The maximum Gasteiger partial charge on any atom is 0.250 e. The minimum Gasteiger partial charge on any atom is -0.366 e. The molecule has 1 aliphatic heterocycles. The van der Waals surface area contributed by atoms with Crippen molar-refractivity contribution in [2.45, 2.75) is 13.3 Å². The summed E-state index contributed by atoms with van der Waals surface area (Å²) >= 11 is 0. The second-order valence-electron chi connectivity index (χ2n) is 3.20. The van der Waals surface area contributed by atoms with E-state index in [2.05, 4.69) is 4.99 Å². The van der Waals surface area contributed by atoms with Crippen LogP contribution in [0.3, 0.4) is 0 Å². The van der Waals surface area contributed by atoms with Crippen LogP contribution in [0.4, 0.5) is 5.69 Å². The van der Waals surface area contributed by atoms with Crippen LogP contribution in [0.5, 0.6) is 0 Å². The summed E-state index contributed by atoms with van der Waals surface area (Å²) in [4.78, 5) is 15.3. The predicted molar refractivity (Wildman–Crippen MR) is 51.4 cm³/mol. The van der Waals surface area contributed by atoms with Gasteiger partial charge in [0.2, 0.25) is 0 Å². The smallest absolute Gasteiger partial charge is 0.250 e. The van der Waals surface area contributed by atoms with Crippen molar-refractivity contribution in [1.29, 1.82) is 0 Å². The van der Waals surface area contributed by atoms with Gasteiger partial charge in [-0.05, 0) is 18.6 Å². The van der Waals surface area contributed by atoms with Gasteiger partial charge in [-0.25, -0.2) is 0 Å². The average Bonchev–Trinajstić information content (AvgIpc) is 2.43. The molecule has 0 spiro atoms. The molecule has 0 unspecified atom stereocenters. The molecule has 1 aromatic rings. The Morgan fingerprint density at radius 3 is 3.00 bits per heavy atom. The van der Waals surface area contributed by atoms with Gasteiger partial charge in [-0.3, -0.25) is 9.79 Å². The molecule has 3 heteroatoms. The molecule has 0 aromatic heterocycles. The summed E-state index contributed by atoms with van der Waals surface area (Å²) in [7, 11) is 0. The summed E-state index contributed by atoms with van der Waals surface area (Å²) in [6, 6.07) is 5.53. The van der Waals surface area contributed by atoms with Crippen molar-refractivity contribution in [3.05, 3.63) is 29.3 Å². The number of carbonyl (C=O) groups is 1. The summed E-state index contributed by atoms with van der Waals surface area (Å²) in [6.07, 6.45) is 0.830. The highest BCUT2D eigenvalue weighted by atomic mass is 16.1. The molecule has 1 aliphatic rings. The molecule has 1 aromatic carbocycles. The maximum absolute atomic E-state index is 11.0. The van der Waals surface area contributed by atoms with Gasteiger partial charge in [-0.2, -0.15) is 0 Å². The van der Waals surface area contributed by atoms with Crippen LogP contribution in [0.1, 0.15) is 22.8 Å². The zero-order valence-electron chi connectivity index (χ0n) is 7.37. The van der Waals surface area contributed by atoms with Gasteiger partial charge in [-0.1, -0.05) is 12.1 Å². The second-order valence-corrected chi connectivity index (χ2v) is 3.20. The number of nitrogens with zero attached hydrogens (tertiary/aromatic N) is 1. The van der Waals surface area contributed by atoms with Crippen LogP contribution in [0, 0.1) is 0 Å². The fourth-order valence-electron chi connectivity index (χ4n) is 1.57. The van der Waals surface area contributed by atoms with Crippen molar-refractivity contribution in [2.24, 2.45) is 10.7 Å². The highest BCUT2D eigenvalue weighted by Gasteiger charge is 2.16. The molecule has 3 nitrogen and oxygen atoms in total. The first-order valence-corrected chi connectivity index (χ1v) is 4.14. The first kappa shape index (κ1) is 7.98. The molecule has 66 valence electrons. The molecule has 0 fully saturated rings. The maximum atomic E-state index is 11.0. The van der Waals surface area contributed by atoms with E-state index in [1.807, 2.05) is 19.1 Å². The number of primary amides is 1. The molecule has 0 aliphatic carbocycles. The van der Waals surface area contributed by atoms with Gasteiger partial charge in [0, 0.05) is 12.1 Å². The van der Waals surface area contributed by atoms with Crippen molar-refractivity contribution in [3.8, 4) is 0 Å². The minimum atomic E-state index is -0.407. The van der Waals surface area contributed by atoms with Gasteiger partial charge >= 0.3 is 0 Å². The van der Waals surface area contributed by atoms with Crippen molar-refractivity contribution in [2.75, 3.05) is 0 Å². The van der Waals surface area contributed by atoms with Crippen LogP contribution >= 0.6 is 0 Å². The Bertz CT molecular complexity index is 407. The van der Waals surface area contributed by atoms with E-state index in [0.717, 1.165) is 23.4 Å². The van der Waals surface area contributed by atoms with Crippen LogP contribution in [-0.2, 0) is 6.42 Å². The van der Waals surface area contributed by atoms with Gasteiger partial charge in [0.1, 0.15) is 0 Å². The van der Waals surface area contributed by atoms with Crippen molar-refractivity contribution in [1.82, 2.24) is 0 Å². The molecule has 13 heavy (non-hydrogen) atoms. The number of nitrogens with two attached hydrogens (primary N) is 1. The average molecular weight is 174 g/mol. The van der Waals surface area contributed by atoms with E-state index in [9.17, 15) is 4.79 Å². The quantitative estimate of drug-likeness (QED) is 0.688. The summed E-state index contributed by atoms with van der Waals surface area (Å²) in [5.41, 5.74) is 8.63. The number of fused-ring (bicyclic) bond motifs is 1. The number of hydrogen-bond donors (Lipinski definition) is 1. The molecule has 1 heterocycles. The Hall–Kier alpha value is -1.64. The molecule has 2 N–H and O–H groups in total. The Labute approximate surface area is 76.3 Å². The van der Waals surface area contributed by atoms with Gasteiger partial charge in [-0.15, -0.1) is 0 Å². The van der Waals surface area contributed by atoms with E-state index < -0.39 is 5.91 Å². The Balaban J connectivity index is 2.61. The highest BCUT2D eigenvalue weighted by Crippen LogP contribution is 2.30. The van der Waals surface area contributed by atoms with Crippen molar-refractivity contribution >= 4 is 17.3 Å². The largest absolute Gasteiger partial charge is 0.366 e. The third-order valence-corrected chi connectivity index (χ3v) is 2.13. The molecule has 0 radical (unpaired) electrons. The highest BCUT2D eigenvalue weighted by molar-refractivity contribution is 6.03. The molecular formula is C10H10N2O. The molecule has 0 saturated carbocycles. The van der Waals surface area contributed by atoms with E-state index in [1.54, 1.807) is 6.07 Å². The van der Waals surface area contributed by atoms with E-state index >= 15 is 0 Å². The fraction of sp³-hybridized carbons (Fsp3) is 0.200. The molecule has 1 amide bonds. The third kappa shape index (κ3) is 1.22. The van der Waals surface area contributed by atoms with Crippen molar-refractivity contribution in [3.63, 3.8) is 0 Å². The van der Waals surface area contributed by atoms with Crippen molar-refractivity contribution < 1.29 is 4.79 Å². The summed E-state index contributed by atoms with van der Waals surface area (Å²) in [5, 5.41) is 0. The summed E-state index contributed by atoms with van der Waals surface area (Å²) in [5.74, 6) is -0.407. The topological polar surface area (TPSA) is 55.4 Å². The standard InChI is InChI=1S/C10H10N2O/c1-6-5-7-3-2-4-8(10(11)13)9(7)12-6/h2-4H,5H2,1H3,(H2,11,13). The van der Waals surface area contributed by atoms with Gasteiger partial charge < -0.3 is 5.73 Å². The van der Waals surface area contributed by atoms with Gasteiger partial charge in [0.25, 0.3) is 5.91 Å². The minimum absolute atomic E-state index is 0.407. The normalized spacial score (nSPS) is 13.8. The van der Waals surface area contributed by atoms with E-state index in [-0.39, 0.29) is 0 Å².